The van der Waals surface area contributed by atoms with Gasteiger partial charge < -0.3 is 4.84 Å². The van der Waals surface area contributed by atoms with Gasteiger partial charge in [-0.2, -0.15) is 0 Å². The summed E-state index contributed by atoms with van der Waals surface area (Å²) >= 11 is 0. The maximum atomic E-state index is 13.1. The van der Waals surface area contributed by atoms with Crippen LogP contribution in [0.3, 0.4) is 0 Å². The summed E-state index contributed by atoms with van der Waals surface area (Å²) in [6.45, 7) is 1.70. The molecular weight excluding hydrogens is 199 g/mol. The molecule has 80 valence electrons. The first-order valence-electron chi connectivity index (χ1n) is 4.64. The number of nitrogens with zero attached hydrogens (tertiary/aromatic N) is 2. The van der Waals surface area contributed by atoms with E-state index in [0.717, 1.165) is 0 Å². The zero-order chi connectivity index (χ0) is 10.9. The van der Waals surface area contributed by atoms with Crippen LogP contribution in [0.5, 0.6) is 0 Å². The third-order valence-electron chi connectivity index (χ3n) is 2.10. The van der Waals surface area contributed by atoms with E-state index in [2.05, 4.69) is 4.98 Å². The van der Waals surface area contributed by atoms with Crippen LogP contribution >= 0.6 is 0 Å². The predicted molar refractivity (Wildman–Crippen MR) is 50.7 cm³/mol. The number of aromatic nitrogens is 1. The highest BCUT2D eigenvalue weighted by Crippen LogP contribution is 2.24. The molecule has 2 heterocycles. The lowest BCUT2D eigenvalue weighted by molar-refractivity contribution is -0.208. The summed E-state index contributed by atoms with van der Waals surface area (Å²) in [5, 5.41) is 1.29. The number of rotatable bonds is 2. The monoisotopic (exact) mass is 210 g/mol. The van der Waals surface area contributed by atoms with Gasteiger partial charge in [-0.1, -0.05) is 6.07 Å². The first-order valence-corrected chi connectivity index (χ1v) is 4.64. The Bertz CT molecular complexity index is 359. The van der Waals surface area contributed by atoms with Gasteiger partial charge in [-0.25, -0.2) is 14.2 Å². The lowest BCUT2D eigenvalue weighted by Gasteiger charge is -2.39. The topological polar surface area (TPSA) is 42.4 Å². The van der Waals surface area contributed by atoms with Gasteiger partial charge in [-0.05, 0) is 19.1 Å². The highest BCUT2D eigenvalue weighted by Gasteiger charge is 2.41. The maximum absolute atomic E-state index is 13.1. The Balaban J connectivity index is 1.89. The number of halogens is 1. The number of hydrogen-bond donors (Lipinski definition) is 0. The Hall–Kier alpha value is -1.49. The van der Waals surface area contributed by atoms with Gasteiger partial charge in [0.2, 0.25) is 0 Å². The van der Waals surface area contributed by atoms with Crippen molar-refractivity contribution in [3.63, 3.8) is 0 Å². The standard InChI is InChI=1S/C10H11FN2O2/c1-10(11)6-13(7-10)15-9(14)8-4-2-3-5-12-8/h2-5H,6-7H2,1H3. The molecule has 0 radical (unpaired) electrons. The second kappa shape index (κ2) is 3.58. The molecule has 4 nitrogen and oxygen atoms in total. The Morgan fingerprint density at radius 1 is 1.60 bits per heavy atom. The van der Waals surface area contributed by atoms with Crippen molar-refractivity contribution in [2.24, 2.45) is 0 Å². The smallest absolute Gasteiger partial charge is 0.363 e. The van der Waals surface area contributed by atoms with Gasteiger partial charge in [0.1, 0.15) is 11.4 Å². The normalized spacial score (nSPS) is 19.3. The van der Waals surface area contributed by atoms with Crippen LogP contribution < -0.4 is 0 Å². The minimum atomic E-state index is -1.25. The van der Waals surface area contributed by atoms with E-state index in [-0.39, 0.29) is 18.8 Å². The van der Waals surface area contributed by atoms with E-state index < -0.39 is 11.6 Å². The molecule has 1 aromatic rings. The molecule has 0 N–H and O–H groups in total. The van der Waals surface area contributed by atoms with Gasteiger partial charge in [0, 0.05) is 6.20 Å². The van der Waals surface area contributed by atoms with Crippen molar-refractivity contribution >= 4 is 5.97 Å². The Kier molecular flexibility index (Phi) is 2.40. The van der Waals surface area contributed by atoms with Crippen LogP contribution in [0.25, 0.3) is 0 Å². The van der Waals surface area contributed by atoms with Crippen molar-refractivity contribution < 1.29 is 14.0 Å². The van der Waals surface area contributed by atoms with Gasteiger partial charge >= 0.3 is 5.97 Å². The minimum absolute atomic E-state index is 0.117. The fourth-order valence-corrected chi connectivity index (χ4v) is 1.40. The molecule has 0 amide bonds. The molecule has 0 atom stereocenters. The molecule has 2 rings (SSSR count). The van der Waals surface area contributed by atoms with Gasteiger partial charge in [-0.15, -0.1) is 5.06 Å². The van der Waals surface area contributed by atoms with Crippen LogP contribution in [0.4, 0.5) is 4.39 Å². The van der Waals surface area contributed by atoms with E-state index >= 15 is 0 Å². The van der Waals surface area contributed by atoms with Crippen LogP contribution in [0, 0.1) is 0 Å². The first kappa shape index (κ1) is 10.0. The average molecular weight is 210 g/mol. The number of carbonyl (C=O) groups excluding carboxylic acids is 1. The van der Waals surface area contributed by atoms with Crippen LogP contribution in [0.15, 0.2) is 24.4 Å². The lowest BCUT2D eigenvalue weighted by atomic mass is 10.0. The summed E-state index contributed by atoms with van der Waals surface area (Å²) in [5.74, 6) is -0.550. The zero-order valence-electron chi connectivity index (χ0n) is 8.31. The highest BCUT2D eigenvalue weighted by atomic mass is 19.1. The fraction of sp³-hybridized carbons (Fsp3) is 0.400. The zero-order valence-corrected chi connectivity index (χ0v) is 8.31. The minimum Gasteiger partial charge on any atom is -0.363 e. The second-order valence-electron chi connectivity index (χ2n) is 3.81. The third-order valence-corrected chi connectivity index (χ3v) is 2.10. The van der Waals surface area contributed by atoms with Gasteiger partial charge in [-0.3, -0.25) is 0 Å². The number of carbonyl (C=O) groups is 1. The van der Waals surface area contributed by atoms with E-state index in [1.165, 1.54) is 18.2 Å². The fourth-order valence-electron chi connectivity index (χ4n) is 1.40. The summed E-state index contributed by atoms with van der Waals surface area (Å²) in [6.07, 6.45) is 1.51. The average Bonchev–Trinajstić information content (AvgIpc) is 2.16. The molecule has 0 saturated carbocycles. The molecule has 1 aliphatic rings. The Morgan fingerprint density at radius 3 is 2.87 bits per heavy atom. The molecule has 0 spiro atoms. The van der Waals surface area contributed by atoms with Crippen LogP contribution in [0.2, 0.25) is 0 Å². The molecule has 1 fully saturated rings. The molecule has 0 bridgehead atoms. The highest BCUT2D eigenvalue weighted by molar-refractivity contribution is 5.86. The molecule has 5 heteroatoms. The lowest BCUT2D eigenvalue weighted by Crippen LogP contribution is -2.57. The van der Waals surface area contributed by atoms with Gasteiger partial charge in [0.15, 0.2) is 0 Å². The van der Waals surface area contributed by atoms with Gasteiger partial charge in [0.05, 0.1) is 13.1 Å². The number of hydroxylamine groups is 2. The van der Waals surface area contributed by atoms with Crippen molar-refractivity contribution in [1.82, 2.24) is 10.0 Å². The maximum Gasteiger partial charge on any atom is 0.375 e. The van der Waals surface area contributed by atoms with Crippen LogP contribution in [-0.4, -0.2) is 34.8 Å². The van der Waals surface area contributed by atoms with E-state index in [1.807, 2.05) is 0 Å². The van der Waals surface area contributed by atoms with Crippen molar-refractivity contribution in [1.29, 1.82) is 0 Å². The summed E-state index contributed by atoms with van der Waals surface area (Å²) in [5.41, 5.74) is -1.02. The van der Waals surface area contributed by atoms with E-state index in [9.17, 15) is 9.18 Å². The molecule has 1 aromatic heterocycles. The molecule has 15 heavy (non-hydrogen) atoms. The van der Waals surface area contributed by atoms with Crippen molar-refractivity contribution in [2.75, 3.05) is 13.1 Å². The van der Waals surface area contributed by atoms with Crippen molar-refractivity contribution in [3.8, 4) is 0 Å². The molecule has 0 aromatic carbocycles. The van der Waals surface area contributed by atoms with E-state index in [4.69, 9.17) is 4.84 Å². The van der Waals surface area contributed by atoms with Gasteiger partial charge in [0.25, 0.3) is 0 Å². The van der Waals surface area contributed by atoms with Crippen molar-refractivity contribution in [2.45, 2.75) is 12.6 Å². The molecule has 1 aliphatic heterocycles. The second-order valence-corrected chi connectivity index (χ2v) is 3.81. The quantitative estimate of drug-likeness (QED) is 0.735. The molecular formula is C10H11FN2O2. The summed E-state index contributed by atoms with van der Waals surface area (Å²) in [7, 11) is 0. The largest absolute Gasteiger partial charge is 0.375 e. The van der Waals surface area contributed by atoms with Crippen LogP contribution in [0.1, 0.15) is 17.4 Å². The SMILES string of the molecule is CC1(F)CN(OC(=O)c2ccccn2)C1. The molecule has 1 saturated heterocycles. The summed E-state index contributed by atoms with van der Waals surface area (Å²) in [6, 6.07) is 4.95. The Morgan fingerprint density at radius 2 is 2.33 bits per heavy atom. The van der Waals surface area contributed by atoms with E-state index in [0.29, 0.717) is 0 Å². The summed E-state index contributed by atoms with van der Waals surface area (Å²) < 4.78 is 13.1. The van der Waals surface area contributed by atoms with E-state index in [1.54, 1.807) is 18.2 Å². The first-order chi connectivity index (χ1) is 7.07. The molecule has 0 aliphatic carbocycles. The number of pyridine rings is 1. The van der Waals surface area contributed by atoms with Crippen LogP contribution in [-0.2, 0) is 4.84 Å². The third kappa shape index (κ3) is 2.30. The number of alkyl halides is 1. The van der Waals surface area contributed by atoms with Crippen molar-refractivity contribution in [3.05, 3.63) is 30.1 Å². The molecule has 0 unspecified atom stereocenters. The predicted octanol–water partition coefficient (Wildman–Crippen LogP) is 1.20. The Labute approximate surface area is 86.6 Å². The summed E-state index contributed by atoms with van der Waals surface area (Å²) in [4.78, 5) is 20.1. The number of hydrogen-bond acceptors (Lipinski definition) is 4.